The van der Waals surface area contributed by atoms with Crippen LogP contribution in [0, 0.1) is 6.92 Å². The van der Waals surface area contributed by atoms with Crippen molar-refractivity contribution in [2.75, 3.05) is 35.5 Å². The molecule has 0 aliphatic carbocycles. The summed E-state index contributed by atoms with van der Waals surface area (Å²) in [6.45, 7) is 4.73. The van der Waals surface area contributed by atoms with Crippen molar-refractivity contribution < 1.29 is 9.36 Å². The summed E-state index contributed by atoms with van der Waals surface area (Å²) in [4.78, 5) is 14.4. The first kappa shape index (κ1) is 21.9. The maximum absolute atomic E-state index is 15.6. The second kappa shape index (κ2) is 9.17. The molecule has 5 rings (SSSR count). The minimum atomic E-state index is -3.20. The van der Waals surface area contributed by atoms with Gasteiger partial charge in [0.15, 0.2) is 0 Å². The van der Waals surface area contributed by atoms with Crippen LogP contribution in [0.2, 0.25) is 0 Å². The van der Waals surface area contributed by atoms with E-state index in [1.54, 1.807) is 0 Å². The number of hydrogen-bond donors (Lipinski definition) is 0. The first-order valence-corrected chi connectivity index (χ1v) is 13.3. The number of Topliss-reactive ketones (excluding diaryl/α,β-unsaturated/α-hetero) is 1. The summed E-state index contributed by atoms with van der Waals surface area (Å²) >= 11 is 0. The Bertz CT molecular complexity index is 1110. The van der Waals surface area contributed by atoms with E-state index < -0.39 is 7.44 Å². The number of hydrogen-bond acceptors (Lipinski definition) is 3. The van der Waals surface area contributed by atoms with Crippen LogP contribution in [-0.4, -0.2) is 36.9 Å². The van der Waals surface area contributed by atoms with Crippen LogP contribution in [-0.2, 0) is 9.36 Å². The summed E-state index contributed by atoms with van der Waals surface area (Å²) in [7, 11) is -3.20. The van der Waals surface area contributed by atoms with E-state index >= 15 is 4.57 Å². The highest BCUT2D eigenvalue weighted by molar-refractivity contribution is 7.67. The van der Waals surface area contributed by atoms with Crippen LogP contribution in [0.15, 0.2) is 84.9 Å². The number of anilines is 2. The second-order valence-electron chi connectivity index (χ2n) is 8.81. The highest BCUT2D eigenvalue weighted by Gasteiger charge is 2.52. The molecular formula is C27H30N3O2P. The summed E-state index contributed by atoms with van der Waals surface area (Å²) in [6, 6.07) is 28.5. The molecule has 2 aliphatic heterocycles. The molecule has 6 heteroatoms. The largest absolute Gasteiger partial charge is 0.304 e. The highest BCUT2D eigenvalue weighted by Crippen LogP contribution is 2.70. The third kappa shape index (κ3) is 4.01. The van der Waals surface area contributed by atoms with Gasteiger partial charge in [-0.2, -0.15) is 0 Å². The van der Waals surface area contributed by atoms with Gasteiger partial charge < -0.3 is 9.34 Å². The molecular weight excluding hydrogens is 429 g/mol. The Balaban J connectivity index is 1.70. The zero-order valence-electron chi connectivity index (χ0n) is 19.0. The van der Waals surface area contributed by atoms with Crippen LogP contribution in [0.25, 0.3) is 0 Å². The second-order valence-corrected chi connectivity index (χ2v) is 11.4. The van der Waals surface area contributed by atoms with Crippen molar-refractivity contribution in [2.24, 2.45) is 0 Å². The molecule has 2 fully saturated rings. The number of likely N-dealkylation sites (tertiary alicyclic amines) is 1. The van der Waals surface area contributed by atoms with Crippen LogP contribution in [0.3, 0.4) is 0 Å². The lowest BCUT2D eigenvalue weighted by atomic mass is 10.1. The summed E-state index contributed by atoms with van der Waals surface area (Å²) in [6.07, 6.45) is 1.03. The molecule has 0 N–H and O–H groups in total. The Morgan fingerprint density at radius 1 is 0.697 bits per heavy atom. The molecule has 0 spiro atoms. The van der Waals surface area contributed by atoms with E-state index in [1.165, 1.54) is 0 Å². The summed E-state index contributed by atoms with van der Waals surface area (Å²) in [5, 5.41) is 0. The van der Waals surface area contributed by atoms with Crippen LogP contribution >= 0.6 is 7.44 Å². The number of benzene rings is 3. The van der Waals surface area contributed by atoms with E-state index in [2.05, 4.69) is 57.6 Å². The predicted octanol–water partition coefficient (Wildman–Crippen LogP) is 5.88. The minimum absolute atomic E-state index is 0.291. The van der Waals surface area contributed by atoms with Gasteiger partial charge in [-0.05, 0) is 42.3 Å². The van der Waals surface area contributed by atoms with Crippen LogP contribution < -0.4 is 9.34 Å². The number of ketones is 1. The van der Waals surface area contributed by atoms with Gasteiger partial charge in [-0.15, -0.1) is 0 Å². The first-order chi connectivity index (χ1) is 16.1. The molecule has 2 aliphatic rings. The third-order valence-electron chi connectivity index (χ3n) is 6.81. The van der Waals surface area contributed by atoms with Crippen molar-refractivity contribution in [3.8, 4) is 0 Å². The number of para-hydroxylation sites is 2. The van der Waals surface area contributed by atoms with E-state index in [1.807, 2.05) is 48.5 Å². The SMILES string of the molecule is Cc1ccccc1C(N1CCC(=O)CC1)P1(=O)N(c2ccccc2)CCN1c1ccccc1. The molecule has 1 unspecified atom stereocenters. The third-order valence-corrected chi connectivity index (χ3v) is 10.3. The fraction of sp³-hybridized carbons (Fsp3) is 0.296. The van der Waals surface area contributed by atoms with Crippen molar-refractivity contribution in [1.29, 1.82) is 0 Å². The maximum atomic E-state index is 15.6. The lowest BCUT2D eigenvalue weighted by Crippen LogP contribution is -2.40. The fourth-order valence-corrected chi connectivity index (χ4v) is 8.92. The number of nitrogens with zero attached hydrogens (tertiary/aromatic N) is 3. The zero-order valence-corrected chi connectivity index (χ0v) is 19.9. The van der Waals surface area contributed by atoms with Crippen molar-refractivity contribution >= 4 is 24.6 Å². The van der Waals surface area contributed by atoms with Gasteiger partial charge in [0.05, 0.1) is 0 Å². The van der Waals surface area contributed by atoms with Crippen LogP contribution in [0.5, 0.6) is 0 Å². The average Bonchev–Trinajstić information content (AvgIpc) is 3.20. The van der Waals surface area contributed by atoms with Gasteiger partial charge >= 0.3 is 0 Å². The van der Waals surface area contributed by atoms with E-state index in [0.717, 1.165) is 22.5 Å². The van der Waals surface area contributed by atoms with Gasteiger partial charge in [0, 0.05) is 50.4 Å². The molecule has 3 aromatic carbocycles. The Labute approximate surface area is 196 Å². The lowest BCUT2D eigenvalue weighted by molar-refractivity contribution is -0.121. The van der Waals surface area contributed by atoms with E-state index in [0.29, 0.717) is 44.8 Å². The number of carbonyl (C=O) groups excluding carboxylic acids is 1. The number of carbonyl (C=O) groups is 1. The molecule has 1 atom stereocenters. The Kier molecular flexibility index (Phi) is 6.09. The summed E-state index contributed by atoms with van der Waals surface area (Å²) < 4.78 is 19.9. The van der Waals surface area contributed by atoms with Gasteiger partial charge in [0.1, 0.15) is 11.6 Å². The molecule has 0 bridgehead atoms. The van der Waals surface area contributed by atoms with Gasteiger partial charge in [0.2, 0.25) is 0 Å². The minimum Gasteiger partial charge on any atom is -0.304 e. The Morgan fingerprint density at radius 2 is 1.18 bits per heavy atom. The topological polar surface area (TPSA) is 43.9 Å². The Morgan fingerprint density at radius 3 is 1.70 bits per heavy atom. The standard InChI is InChI=1S/C27H30N3O2P/c1-22-10-8-9-15-26(22)27(28-18-16-25(31)17-19-28)33(32)29(23-11-4-2-5-12-23)20-21-30(33)24-13-6-3-7-14-24/h2-15,27H,16-21H2,1H3. The molecule has 3 aromatic rings. The van der Waals surface area contributed by atoms with Gasteiger partial charge in [-0.1, -0.05) is 60.7 Å². The van der Waals surface area contributed by atoms with Crippen molar-refractivity contribution in [2.45, 2.75) is 25.5 Å². The number of aryl methyl sites for hydroxylation is 1. The average molecular weight is 460 g/mol. The fourth-order valence-electron chi connectivity index (χ4n) is 5.14. The molecule has 5 nitrogen and oxygen atoms in total. The Hall–Kier alpha value is -2.88. The number of piperidine rings is 1. The van der Waals surface area contributed by atoms with E-state index in [9.17, 15) is 4.79 Å². The molecule has 170 valence electrons. The van der Waals surface area contributed by atoms with Crippen LogP contribution in [0.4, 0.5) is 11.4 Å². The van der Waals surface area contributed by atoms with Gasteiger partial charge in [0.25, 0.3) is 7.44 Å². The van der Waals surface area contributed by atoms with Crippen molar-refractivity contribution in [3.05, 3.63) is 96.1 Å². The molecule has 0 amide bonds. The van der Waals surface area contributed by atoms with Gasteiger partial charge in [-0.3, -0.25) is 14.3 Å². The molecule has 33 heavy (non-hydrogen) atoms. The summed E-state index contributed by atoms with van der Waals surface area (Å²) in [5.41, 5.74) is 4.17. The number of rotatable bonds is 5. The molecule has 0 saturated carbocycles. The van der Waals surface area contributed by atoms with Crippen molar-refractivity contribution in [3.63, 3.8) is 0 Å². The molecule has 2 heterocycles. The van der Waals surface area contributed by atoms with Crippen molar-refractivity contribution in [1.82, 2.24) is 4.90 Å². The van der Waals surface area contributed by atoms with E-state index in [4.69, 9.17) is 0 Å². The maximum Gasteiger partial charge on any atom is 0.284 e. The first-order valence-electron chi connectivity index (χ1n) is 11.7. The zero-order chi connectivity index (χ0) is 22.8. The quantitative estimate of drug-likeness (QED) is 0.446. The van der Waals surface area contributed by atoms with Crippen LogP contribution in [0.1, 0.15) is 29.8 Å². The monoisotopic (exact) mass is 459 g/mol. The molecule has 2 saturated heterocycles. The lowest BCUT2D eigenvalue weighted by Gasteiger charge is -2.44. The highest BCUT2D eigenvalue weighted by atomic mass is 31.2. The van der Waals surface area contributed by atoms with Gasteiger partial charge in [-0.25, -0.2) is 0 Å². The normalized spacial score (nSPS) is 19.6. The smallest absolute Gasteiger partial charge is 0.284 e. The summed E-state index contributed by atoms with van der Waals surface area (Å²) in [5.74, 6) is -0.0333. The molecule has 0 radical (unpaired) electrons. The predicted molar refractivity (Wildman–Crippen MR) is 135 cm³/mol. The van der Waals surface area contributed by atoms with E-state index in [-0.39, 0.29) is 5.78 Å². The molecule has 0 aromatic heterocycles.